The Hall–Kier alpha value is -2.14. The normalized spacial score (nSPS) is 10.6. The van der Waals surface area contributed by atoms with E-state index in [1.165, 1.54) is 19.2 Å². The molecule has 2 aromatic rings. The van der Waals surface area contributed by atoms with Crippen molar-refractivity contribution in [3.05, 3.63) is 59.2 Å². The molecule has 0 saturated carbocycles. The molecule has 0 aliphatic carbocycles. The summed E-state index contributed by atoms with van der Waals surface area (Å²) in [5.74, 6) is -0.617. The van der Waals surface area contributed by atoms with Crippen LogP contribution in [0.15, 0.2) is 36.4 Å². The second kappa shape index (κ2) is 7.04. The molecule has 2 aromatic carbocycles. The van der Waals surface area contributed by atoms with Crippen LogP contribution >= 0.6 is 0 Å². The average Bonchev–Trinajstić information content (AvgIpc) is 2.43. The molecule has 0 fully saturated rings. The molecule has 0 heterocycles. The predicted octanol–water partition coefficient (Wildman–Crippen LogP) is 3.01. The summed E-state index contributed by atoms with van der Waals surface area (Å²) in [6.45, 7) is 1.13. The minimum atomic E-state index is -0.565. The fourth-order valence-corrected chi connectivity index (χ4v) is 2.07. The molecule has 0 aromatic heterocycles. The van der Waals surface area contributed by atoms with Gasteiger partial charge in [0.15, 0.2) is 11.5 Å². The van der Waals surface area contributed by atoms with Crippen molar-refractivity contribution in [2.24, 2.45) is 0 Å². The van der Waals surface area contributed by atoms with E-state index in [4.69, 9.17) is 4.74 Å². The van der Waals surface area contributed by atoms with Crippen LogP contribution in [-0.4, -0.2) is 18.8 Å². The van der Waals surface area contributed by atoms with Crippen molar-refractivity contribution >= 4 is 0 Å². The molecule has 0 aliphatic rings. The first-order valence-corrected chi connectivity index (χ1v) is 6.60. The standard InChI is InChI=1S/C16H17F2NO2/c1-21-16-3-2-12(8-15(16)20)10-19-5-4-11-6-13(17)9-14(18)7-11/h2-3,6-9,19-20H,4-5,10H2,1H3. The third-order valence-electron chi connectivity index (χ3n) is 3.09. The minimum Gasteiger partial charge on any atom is -0.504 e. The summed E-state index contributed by atoms with van der Waals surface area (Å²) in [7, 11) is 1.49. The van der Waals surface area contributed by atoms with Gasteiger partial charge in [-0.1, -0.05) is 6.07 Å². The van der Waals surface area contributed by atoms with Crippen molar-refractivity contribution in [1.82, 2.24) is 5.32 Å². The number of hydrogen-bond acceptors (Lipinski definition) is 3. The van der Waals surface area contributed by atoms with E-state index in [1.54, 1.807) is 12.1 Å². The van der Waals surface area contributed by atoms with Gasteiger partial charge >= 0.3 is 0 Å². The third kappa shape index (κ3) is 4.43. The first-order chi connectivity index (χ1) is 10.1. The Balaban J connectivity index is 1.83. The number of aromatic hydroxyl groups is 1. The minimum absolute atomic E-state index is 0.0870. The van der Waals surface area contributed by atoms with Crippen molar-refractivity contribution < 1.29 is 18.6 Å². The molecular formula is C16H17F2NO2. The number of nitrogens with one attached hydrogen (secondary N) is 1. The Morgan fingerprint density at radius 1 is 1.05 bits per heavy atom. The number of hydrogen-bond donors (Lipinski definition) is 2. The molecule has 0 amide bonds. The Bertz CT molecular complexity index is 597. The van der Waals surface area contributed by atoms with Crippen molar-refractivity contribution in [3.63, 3.8) is 0 Å². The highest BCUT2D eigenvalue weighted by atomic mass is 19.1. The van der Waals surface area contributed by atoms with E-state index in [9.17, 15) is 13.9 Å². The van der Waals surface area contributed by atoms with Gasteiger partial charge in [-0.3, -0.25) is 0 Å². The molecule has 2 rings (SSSR count). The van der Waals surface area contributed by atoms with Crippen LogP contribution in [0.1, 0.15) is 11.1 Å². The fourth-order valence-electron chi connectivity index (χ4n) is 2.07. The molecule has 2 N–H and O–H groups in total. The number of rotatable bonds is 6. The second-order valence-electron chi connectivity index (χ2n) is 4.71. The van der Waals surface area contributed by atoms with E-state index >= 15 is 0 Å². The summed E-state index contributed by atoms with van der Waals surface area (Å²) in [5.41, 5.74) is 1.51. The highest BCUT2D eigenvalue weighted by Crippen LogP contribution is 2.26. The summed E-state index contributed by atoms with van der Waals surface area (Å²) in [6.07, 6.45) is 0.525. The zero-order valence-electron chi connectivity index (χ0n) is 11.7. The predicted molar refractivity (Wildman–Crippen MR) is 76.4 cm³/mol. The zero-order chi connectivity index (χ0) is 15.2. The summed E-state index contributed by atoms with van der Waals surface area (Å²) in [6, 6.07) is 8.65. The lowest BCUT2D eigenvalue weighted by atomic mass is 10.1. The van der Waals surface area contributed by atoms with Gasteiger partial charge in [-0.25, -0.2) is 8.78 Å². The first-order valence-electron chi connectivity index (χ1n) is 6.60. The molecule has 3 nitrogen and oxygen atoms in total. The lowest BCUT2D eigenvalue weighted by Crippen LogP contribution is -2.16. The van der Waals surface area contributed by atoms with Crippen LogP contribution in [0, 0.1) is 11.6 Å². The van der Waals surface area contributed by atoms with Gasteiger partial charge in [0.25, 0.3) is 0 Å². The van der Waals surface area contributed by atoms with E-state index in [1.807, 2.05) is 6.07 Å². The molecule has 0 bridgehead atoms. The van der Waals surface area contributed by atoms with Crippen LogP contribution in [0.5, 0.6) is 11.5 Å². The Morgan fingerprint density at radius 3 is 2.38 bits per heavy atom. The van der Waals surface area contributed by atoms with Crippen molar-refractivity contribution in [2.75, 3.05) is 13.7 Å². The second-order valence-corrected chi connectivity index (χ2v) is 4.71. The van der Waals surface area contributed by atoms with E-state index in [0.717, 1.165) is 11.6 Å². The largest absolute Gasteiger partial charge is 0.504 e. The maximum Gasteiger partial charge on any atom is 0.160 e. The van der Waals surface area contributed by atoms with Gasteiger partial charge in [0.05, 0.1) is 7.11 Å². The van der Waals surface area contributed by atoms with Crippen LogP contribution in [0.2, 0.25) is 0 Å². The van der Waals surface area contributed by atoms with Crippen LogP contribution in [0.3, 0.4) is 0 Å². The number of ether oxygens (including phenoxy) is 1. The highest BCUT2D eigenvalue weighted by molar-refractivity contribution is 5.41. The molecular weight excluding hydrogens is 276 g/mol. The van der Waals surface area contributed by atoms with Crippen LogP contribution in [0.25, 0.3) is 0 Å². The molecule has 0 atom stereocenters. The third-order valence-corrected chi connectivity index (χ3v) is 3.09. The fraction of sp³-hybridized carbons (Fsp3) is 0.250. The van der Waals surface area contributed by atoms with Gasteiger partial charge < -0.3 is 15.2 Å². The zero-order valence-corrected chi connectivity index (χ0v) is 11.7. The number of benzene rings is 2. The molecule has 21 heavy (non-hydrogen) atoms. The Kier molecular flexibility index (Phi) is 5.11. The molecule has 112 valence electrons. The van der Waals surface area contributed by atoms with E-state index in [0.29, 0.717) is 30.8 Å². The molecule has 0 aliphatic heterocycles. The monoisotopic (exact) mass is 293 g/mol. The van der Waals surface area contributed by atoms with Gasteiger partial charge in [0, 0.05) is 12.6 Å². The summed E-state index contributed by atoms with van der Waals surface area (Å²) >= 11 is 0. The summed E-state index contributed by atoms with van der Waals surface area (Å²) in [4.78, 5) is 0. The van der Waals surface area contributed by atoms with Crippen LogP contribution in [-0.2, 0) is 13.0 Å². The molecule has 5 heteroatoms. The average molecular weight is 293 g/mol. The van der Waals surface area contributed by atoms with Crippen molar-refractivity contribution in [3.8, 4) is 11.5 Å². The Labute approximate surface area is 122 Å². The summed E-state index contributed by atoms with van der Waals surface area (Å²) in [5, 5.41) is 12.8. The lowest BCUT2D eigenvalue weighted by molar-refractivity contribution is 0.373. The number of methoxy groups -OCH3 is 1. The van der Waals surface area contributed by atoms with Crippen molar-refractivity contribution in [1.29, 1.82) is 0 Å². The number of halogens is 2. The van der Waals surface area contributed by atoms with Gasteiger partial charge in [0.1, 0.15) is 11.6 Å². The molecule has 0 spiro atoms. The van der Waals surface area contributed by atoms with Gasteiger partial charge in [-0.05, 0) is 48.4 Å². The molecule has 0 radical (unpaired) electrons. The van der Waals surface area contributed by atoms with Gasteiger partial charge in [-0.2, -0.15) is 0 Å². The topological polar surface area (TPSA) is 41.5 Å². The summed E-state index contributed by atoms with van der Waals surface area (Å²) < 4.78 is 31.0. The maximum absolute atomic E-state index is 13.0. The highest BCUT2D eigenvalue weighted by Gasteiger charge is 2.03. The van der Waals surface area contributed by atoms with Gasteiger partial charge in [0.2, 0.25) is 0 Å². The van der Waals surface area contributed by atoms with Crippen LogP contribution in [0.4, 0.5) is 8.78 Å². The Morgan fingerprint density at radius 2 is 1.76 bits per heavy atom. The first kappa shape index (κ1) is 15.3. The number of phenols is 1. The molecule has 0 saturated heterocycles. The lowest BCUT2D eigenvalue weighted by Gasteiger charge is -2.08. The van der Waals surface area contributed by atoms with E-state index < -0.39 is 11.6 Å². The van der Waals surface area contributed by atoms with E-state index in [2.05, 4.69) is 5.32 Å². The molecule has 0 unspecified atom stereocenters. The quantitative estimate of drug-likeness (QED) is 0.804. The maximum atomic E-state index is 13.0. The van der Waals surface area contributed by atoms with Crippen molar-refractivity contribution in [2.45, 2.75) is 13.0 Å². The van der Waals surface area contributed by atoms with Crippen LogP contribution < -0.4 is 10.1 Å². The van der Waals surface area contributed by atoms with Gasteiger partial charge in [-0.15, -0.1) is 0 Å². The smallest absolute Gasteiger partial charge is 0.160 e. The van der Waals surface area contributed by atoms with E-state index in [-0.39, 0.29) is 5.75 Å². The SMILES string of the molecule is COc1ccc(CNCCc2cc(F)cc(F)c2)cc1O. The number of phenolic OH excluding ortho intramolecular Hbond substituents is 1.